The molecule has 1 aromatic heterocycles. The van der Waals surface area contributed by atoms with Crippen LogP contribution in [0.15, 0.2) is 18.2 Å². The fraction of sp³-hybridized carbons (Fsp3) is 0.273. The van der Waals surface area contributed by atoms with E-state index in [1.165, 1.54) is 12.1 Å². The molecule has 2 rings (SSSR count). The van der Waals surface area contributed by atoms with Crippen molar-refractivity contribution in [2.75, 3.05) is 0 Å². The van der Waals surface area contributed by atoms with E-state index in [9.17, 15) is 8.78 Å². The van der Waals surface area contributed by atoms with Gasteiger partial charge in [0.15, 0.2) is 10.6 Å². The van der Waals surface area contributed by atoms with Gasteiger partial charge in [0.25, 0.3) is 0 Å². The molecule has 1 aromatic carbocycles. The van der Waals surface area contributed by atoms with Gasteiger partial charge in [-0.15, -0.1) is 0 Å². The number of nitrogens with one attached hydrogen (secondary N) is 1. The summed E-state index contributed by atoms with van der Waals surface area (Å²) in [6.07, 6.45) is 0.851. The zero-order valence-corrected chi connectivity index (χ0v) is 10.0. The van der Waals surface area contributed by atoms with E-state index >= 15 is 0 Å². The van der Waals surface area contributed by atoms with Crippen LogP contribution in [0.3, 0.4) is 0 Å². The third-order valence-electron chi connectivity index (χ3n) is 2.38. The van der Waals surface area contributed by atoms with Crippen LogP contribution in [0.5, 0.6) is 0 Å². The number of hydrogen-bond donors (Lipinski definition) is 1. The molecule has 1 heterocycles. The first kappa shape index (κ1) is 11.9. The molecule has 1 N–H and O–H groups in total. The maximum absolute atomic E-state index is 13.6. The fourth-order valence-corrected chi connectivity index (χ4v) is 1.85. The number of H-pyrrole nitrogens is 1. The van der Waals surface area contributed by atoms with Crippen molar-refractivity contribution in [3.63, 3.8) is 0 Å². The first-order chi connectivity index (χ1) is 8.13. The van der Waals surface area contributed by atoms with Gasteiger partial charge in [-0.3, -0.25) is 5.10 Å². The number of halogens is 2. The van der Waals surface area contributed by atoms with Crippen LogP contribution in [0, 0.1) is 16.4 Å². The second kappa shape index (κ2) is 4.75. The van der Waals surface area contributed by atoms with Crippen LogP contribution in [-0.2, 0) is 6.54 Å². The molecule has 0 saturated carbocycles. The Labute approximate surface area is 102 Å². The normalized spacial score (nSPS) is 10.8. The van der Waals surface area contributed by atoms with Crippen molar-refractivity contribution in [2.45, 2.75) is 19.9 Å². The summed E-state index contributed by atoms with van der Waals surface area (Å²) in [4.78, 5) is 0. The quantitative estimate of drug-likeness (QED) is 0.854. The van der Waals surface area contributed by atoms with Gasteiger partial charge in [-0.05, 0) is 30.8 Å². The van der Waals surface area contributed by atoms with Gasteiger partial charge < -0.3 is 4.57 Å². The molecule has 0 saturated heterocycles. The highest BCUT2D eigenvalue weighted by atomic mass is 32.1. The Morgan fingerprint density at radius 3 is 2.82 bits per heavy atom. The summed E-state index contributed by atoms with van der Waals surface area (Å²) < 4.78 is 28.6. The van der Waals surface area contributed by atoms with Gasteiger partial charge in [-0.2, -0.15) is 5.10 Å². The lowest BCUT2D eigenvalue weighted by molar-refractivity contribution is 0.582. The Balaban J connectivity index is 2.56. The predicted octanol–water partition coefficient (Wildman–Crippen LogP) is 3.30. The monoisotopic (exact) mass is 255 g/mol. The number of rotatable bonds is 3. The maximum atomic E-state index is 13.6. The zero-order chi connectivity index (χ0) is 12.4. The highest BCUT2D eigenvalue weighted by Crippen LogP contribution is 2.21. The van der Waals surface area contributed by atoms with Crippen LogP contribution >= 0.6 is 12.2 Å². The number of nitrogens with zero attached hydrogens (tertiary/aromatic N) is 2. The molecule has 90 valence electrons. The molecule has 2 aromatic rings. The molecule has 6 heteroatoms. The van der Waals surface area contributed by atoms with Crippen molar-refractivity contribution in [1.82, 2.24) is 14.8 Å². The molecule has 3 nitrogen and oxygen atoms in total. The molecule has 0 amide bonds. The van der Waals surface area contributed by atoms with Crippen LogP contribution in [0.1, 0.15) is 13.3 Å². The summed E-state index contributed by atoms with van der Waals surface area (Å²) in [7, 11) is 0. The maximum Gasteiger partial charge on any atom is 0.195 e. The number of aromatic nitrogens is 3. The molecule has 0 spiro atoms. The van der Waals surface area contributed by atoms with Gasteiger partial charge in [0.05, 0.1) is 5.56 Å². The van der Waals surface area contributed by atoms with Crippen molar-refractivity contribution < 1.29 is 8.78 Å². The minimum Gasteiger partial charge on any atom is -0.300 e. The summed E-state index contributed by atoms with van der Waals surface area (Å²) in [6.45, 7) is 2.63. The minimum atomic E-state index is -0.642. The zero-order valence-electron chi connectivity index (χ0n) is 9.20. The molecule has 0 fully saturated rings. The highest BCUT2D eigenvalue weighted by Gasteiger charge is 2.13. The molecule has 17 heavy (non-hydrogen) atoms. The molecule has 0 aliphatic rings. The SMILES string of the molecule is CCCn1c(-c2ccc(F)cc2F)n[nH]c1=S. The van der Waals surface area contributed by atoms with Crippen LogP contribution < -0.4 is 0 Å². The summed E-state index contributed by atoms with van der Waals surface area (Å²) in [6, 6.07) is 3.40. The lowest BCUT2D eigenvalue weighted by Gasteiger charge is -2.05. The standard InChI is InChI=1S/C11H11F2N3S/c1-2-5-16-10(14-15-11(16)17)8-4-3-7(12)6-9(8)13/h3-4,6H,2,5H2,1H3,(H,15,17). The first-order valence-electron chi connectivity index (χ1n) is 5.24. The fourth-order valence-electron chi connectivity index (χ4n) is 1.63. The third-order valence-corrected chi connectivity index (χ3v) is 2.69. The van der Waals surface area contributed by atoms with Crippen LogP contribution in [0.25, 0.3) is 11.4 Å². The molecular formula is C11H11F2N3S. The summed E-state index contributed by atoms with van der Waals surface area (Å²) in [5, 5.41) is 6.60. The molecular weight excluding hydrogens is 244 g/mol. The molecule has 0 aliphatic carbocycles. The third kappa shape index (κ3) is 2.26. The number of benzene rings is 1. The average Bonchev–Trinajstić information content (AvgIpc) is 2.62. The van der Waals surface area contributed by atoms with Crippen LogP contribution in [-0.4, -0.2) is 14.8 Å². The van der Waals surface area contributed by atoms with E-state index in [0.717, 1.165) is 12.5 Å². The van der Waals surface area contributed by atoms with E-state index in [4.69, 9.17) is 12.2 Å². The van der Waals surface area contributed by atoms with Gasteiger partial charge in [-0.1, -0.05) is 6.92 Å². The number of hydrogen-bond acceptors (Lipinski definition) is 2. The van der Waals surface area contributed by atoms with Crippen LogP contribution in [0.4, 0.5) is 8.78 Å². The summed E-state index contributed by atoms with van der Waals surface area (Å²) in [5.41, 5.74) is 0.243. The van der Waals surface area contributed by atoms with E-state index < -0.39 is 11.6 Å². The Kier molecular flexibility index (Phi) is 3.33. The lowest BCUT2D eigenvalue weighted by Crippen LogP contribution is -2.01. The second-order valence-corrected chi connectivity index (χ2v) is 4.01. The summed E-state index contributed by atoms with van der Waals surface area (Å²) >= 11 is 5.06. The Hall–Kier alpha value is -1.56. The van der Waals surface area contributed by atoms with Crippen LogP contribution in [0.2, 0.25) is 0 Å². The molecule has 0 unspecified atom stereocenters. The molecule has 0 radical (unpaired) electrons. The largest absolute Gasteiger partial charge is 0.300 e. The molecule has 0 bridgehead atoms. The van der Waals surface area contributed by atoms with Gasteiger partial charge in [0, 0.05) is 12.6 Å². The van der Waals surface area contributed by atoms with Crippen molar-refractivity contribution in [3.05, 3.63) is 34.6 Å². The van der Waals surface area contributed by atoms with Crippen molar-refractivity contribution >= 4 is 12.2 Å². The highest BCUT2D eigenvalue weighted by molar-refractivity contribution is 7.71. The van der Waals surface area contributed by atoms with E-state index in [1.54, 1.807) is 4.57 Å². The van der Waals surface area contributed by atoms with Gasteiger partial charge >= 0.3 is 0 Å². The topological polar surface area (TPSA) is 33.6 Å². The Bertz CT molecular complexity index is 589. The van der Waals surface area contributed by atoms with E-state index in [0.29, 0.717) is 17.1 Å². The van der Waals surface area contributed by atoms with E-state index in [2.05, 4.69) is 10.2 Å². The van der Waals surface area contributed by atoms with Gasteiger partial charge in [-0.25, -0.2) is 8.78 Å². The summed E-state index contributed by atoms with van der Waals surface area (Å²) in [5.74, 6) is -0.854. The van der Waals surface area contributed by atoms with Crippen molar-refractivity contribution in [3.8, 4) is 11.4 Å². The average molecular weight is 255 g/mol. The van der Waals surface area contributed by atoms with Crippen molar-refractivity contribution in [2.24, 2.45) is 0 Å². The molecule has 0 aliphatic heterocycles. The van der Waals surface area contributed by atoms with Gasteiger partial charge in [0.2, 0.25) is 0 Å². The van der Waals surface area contributed by atoms with E-state index in [1.807, 2.05) is 6.92 Å². The minimum absolute atomic E-state index is 0.243. The number of aromatic amines is 1. The Morgan fingerprint density at radius 1 is 1.41 bits per heavy atom. The Morgan fingerprint density at radius 2 is 2.18 bits per heavy atom. The first-order valence-corrected chi connectivity index (χ1v) is 5.65. The van der Waals surface area contributed by atoms with Gasteiger partial charge in [0.1, 0.15) is 11.6 Å². The van der Waals surface area contributed by atoms with E-state index in [-0.39, 0.29) is 5.56 Å². The second-order valence-electron chi connectivity index (χ2n) is 3.63. The lowest BCUT2D eigenvalue weighted by atomic mass is 10.2. The smallest absolute Gasteiger partial charge is 0.195 e. The molecule has 0 atom stereocenters. The predicted molar refractivity (Wildman–Crippen MR) is 63.1 cm³/mol. The van der Waals surface area contributed by atoms with Crippen molar-refractivity contribution in [1.29, 1.82) is 0 Å².